The minimum absolute atomic E-state index is 0.134. The van der Waals surface area contributed by atoms with Gasteiger partial charge >= 0.3 is 5.69 Å². The highest BCUT2D eigenvalue weighted by Gasteiger charge is 2.49. The van der Waals surface area contributed by atoms with Crippen LogP contribution < -0.4 is 11.5 Å². The topological polar surface area (TPSA) is 65.8 Å². The molecule has 4 aliphatic carbocycles. The summed E-state index contributed by atoms with van der Waals surface area (Å²) in [5, 5.41) is 4.40. The van der Waals surface area contributed by atoms with Crippen molar-refractivity contribution >= 4 is 0 Å². The molecule has 4 fully saturated rings. The first-order chi connectivity index (χ1) is 8.63. The molecule has 4 aliphatic rings. The monoisotopic (exact) mass is 248 g/mol. The molecule has 5 nitrogen and oxygen atoms in total. The maximum atomic E-state index is 12.2. The van der Waals surface area contributed by atoms with Crippen molar-refractivity contribution in [1.82, 2.24) is 14.5 Å². The minimum Gasteiger partial charge on any atom is -0.333 e. The van der Waals surface area contributed by atoms with Crippen LogP contribution in [0.15, 0.2) is 4.79 Å². The number of nitrogen functional groups attached to an aromatic ring is 1. The largest absolute Gasteiger partial charge is 0.364 e. The SMILES string of the molecule is Cc1nn(C2C3CC4CC(C3)CC2C4)c(=O)n1N. The van der Waals surface area contributed by atoms with Crippen LogP contribution in [0.25, 0.3) is 0 Å². The molecule has 5 heteroatoms. The van der Waals surface area contributed by atoms with Crippen molar-refractivity contribution < 1.29 is 0 Å². The van der Waals surface area contributed by atoms with Crippen molar-refractivity contribution in [3.8, 4) is 0 Å². The van der Waals surface area contributed by atoms with Crippen LogP contribution in [0.1, 0.15) is 44.0 Å². The van der Waals surface area contributed by atoms with Crippen LogP contribution in [0.5, 0.6) is 0 Å². The average Bonchev–Trinajstić information content (AvgIpc) is 2.56. The molecule has 0 amide bonds. The van der Waals surface area contributed by atoms with Crippen molar-refractivity contribution in [3.05, 3.63) is 16.3 Å². The zero-order chi connectivity index (χ0) is 12.4. The Morgan fingerprint density at radius 2 is 1.67 bits per heavy atom. The molecule has 1 heterocycles. The van der Waals surface area contributed by atoms with Gasteiger partial charge in [-0.15, -0.1) is 0 Å². The molecule has 98 valence electrons. The lowest BCUT2D eigenvalue weighted by Gasteiger charge is -2.53. The van der Waals surface area contributed by atoms with Crippen molar-refractivity contribution in [2.75, 3.05) is 5.84 Å². The van der Waals surface area contributed by atoms with Crippen molar-refractivity contribution in [3.63, 3.8) is 0 Å². The molecule has 1 aromatic heterocycles. The fraction of sp³-hybridized carbons (Fsp3) is 0.846. The van der Waals surface area contributed by atoms with Crippen molar-refractivity contribution in [2.24, 2.45) is 23.7 Å². The van der Waals surface area contributed by atoms with E-state index in [9.17, 15) is 4.79 Å². The number of aryl methyl sites for hydroxylation is 1. The van der Waals surface area contributed by atoms with Crippen molar-refractivity contribution in [2.45, 2.75) is 45.1 Å². The standard InChI is InChI=1S/C13H20N4O/c1-7-15-17(13(18)16(7)14)12-10-3-8-2-9(5-10)6-11(12)4-8/h8-12H,2-6,14H2,1H3. The molecule has 2 N–H and O–H groups in total. The van der Waals surface area contributed by atoms with Gasteiger partial charge in [0.2, 0.25) is 0 Å². The van der Waals surface area contributed by atoms with E-state index in [1.165, 1.54) is 36.8 Å². The van der Waals surface area contributed by atoms with Gasteiger partial charge in [-0.25, -0.2) is 9.48 Å². The van der Waals surface area contributed by atoms with Crippen LogP contribution in [-0.4, -0.2) is 14.5 Å². The Balaban J connectivity index is 1.77. The summed E-state index contributed by atoms with van der Waals surface area (Å²) in [6.07, 6.45) is 6.60. The molecule has 0 aromatic carbocycles. The zero-order valence-corrected chi connectivity index (χ0v) is 10.7. The molecular weight excluding hydrogens is 228 g/mol. The summed E-state index contributed by atoms with van der Waals surface area (Å²) in [4.78, 5) is 12.2. The van der Waals surface area contributed by atoms with Gasteiger partial charge in [-0.3, -0.25) is 0 Å². The normalized spacial score (nSPS) is 41.5. The van der Waals surface area contributed by atoms with E-state index in [2.05, 4.69) is 5.10 Å². The lowest BCUT2D eigenvalue weighted by Crippen LogP contribution is -2.48. The van der Waals surface area contributed by atoms with E-state index in [0.29, 0.717) is 23.7 Å². The van der Waals surface area contributed by atoms with Crippen molar-refractivity contribution in [1.29, 1.82) is 0 Å². The van der Waals surface area contributed by atoms with Crippen LogP contribution in [0.4, 0.5) is 0 Å². The third kappa shape index (κ3) is 1.27. The van der Waals surface area contributed by atoms with Crippen LogP contribution in [0, 0.1) is 30.6 Å². The summed E-state index contributed by atoms with van der Waals surface area (Å²) in [6.45, 7) is 1.80. The van der Waals surface area contributed by atoms with E-state index < -0.39 is 0 Å². The highest BCUT2D eigenvalue weighted by atomic mass is 16.2. The Hall–Kier alpha value is -1.26. The molecule has 0 radical (unpaired) electrons. The van der Waals surface area contributed by atoms with Gasteiger partial charge in [0.05, 0.1) is 6.04 Å². The highest BCUT2D eigenvalue weighted by Crippen LogP contribution is 2.57. The Morgan fingerprint density at radius 1 is 1.11 bits per heavy atom. The summed E-state index contributed by atoms with van der Waals surface area (Å²) in [5.74, 6) is 9.49. The second kappa shape index (κ2) is 3.39. The second-order valence-corrected chi connectivity index (χ2v) is 6.57. The average molecular weight is 248 g/mol. The van der Waals surface area contributed by atoms with Gasteiger partial charge in [0.1, 0.15) is 5.82 Å². The van der Waals surface area contributed by atoms with E-state index in [0.717, 1.165) is 11.8 Å². The molecule has 0 unspecified atom stereocenters. The fourth-order valence-corrected chi connectivity index (χ4v) is 4.99. The van der Waals surface area contributed by atoms with E-state index in [-0.39, 0.29) is 5.69 Å². The quantitative estimate of drug-likeness (QED) is 0.756. The summed E-state index contributed by atoms with van der Waals surface area (Å²) in [5.41, 5.74) is -0.134. The maximum absolute atomic E-state index is 12.2. The molecule has 4 bridgehead atoms. The lowest BCUT2D eigenvalue weighted by molar-refractivity contribution is -0.0352. The predicted molar refractivity (Wildman–Crippen MR) is 67.5 cm³/mol. The summed E-state index contributed by atoms with van der Waals surface area (Å²) in [7, 11) is 0. The van der Waals surface area contributed by atoms with E-state index in [1.54, 1.807) is 11.6 Å². The van der Waals surface area contributed by atoms with Crippen LogP contribution in [-0.2, 0) is 0 Å². The molecule has 0 aliphatic heterocycles. The van der Waals surface area contributed by atoms with Crippen LogP contribution in [0.2, 0.25) is 0 Å². The molecular formula is C13H20N4O. The van der Waals surface area contributed by atoms with Gasteiger partial charge in [0.25, 0.3) is 0 Å². The van der Waals surface area contributed by atoms with Crippen LogP contribution in [0.3, 0.4) is 0 Å². The van der Waals surface area contributed by atoms with Gasteiger partial charge in [0.15, 0.2) is 0 Å². The Kier molecular flexibility index (Phi) is 2.01. The number of nitrogens with two attached hydrogens (primary N) is 1. The minimum atomic E-state index is -0.134. The Bertz CT molecular complexity index is 516. The number of rotatable bonds is 1. The number of hydrogen-bond acceptors (Lipinski definition) is 3. The molecule has 1 aromatic rings. The van der Waals surface area contributed by atoms with E-state index in [4.69, 9.17) is 5.84 Å². The molecule has 0 spiro atoms. The lowest BCUT2D eigenvalue weighted by atomic mass is 9.54. The summed E-state index contributed by atoms with van der Waals surface area (Å²) < 4.78 is 2.88. The number of nitrogens with zero attached hydrogens (tertiary/aromatic N) is 3. The molecule has 5 rings (SSSR count). The van der Waals surface area contributed by atoms with Gasteiger partial charge in [-0.2, -0.15) is 9.77 Å². The van der Waals surface area contributed by atoms with Gasteiger partial charge in [-0.05, 0) is 62.7 Å². The van der Waals surface area contributed by atoms with Gasteiger partial charge in [0, 0.05) is 0 Å². The second-order valence-electron chi connectivity index (χ2n) is 6.57. The van der Waals surface area contributed by atoms with E-state index in [1.807, 2.05) is 0 Å². The predicted octanol–water partition coefficient (Wildman–Crippen LogP) is 1.06. The fourth-order valence-electron chi connectivity index (χ4n) is 4.99. The van der Waals surface area contributed by atoms with Gasteiger partial charge < -0.3 is 5.84 Å². The molecule has 18 heavy (non-hydrogen) atoms. The Labute approximate surface area is 106 Å². The summed E-state index contributed by atoms with van der Waals surface area (Å²) in [6, 6.07) is 0.314. The Morgan fingerprint density at radius 3 is 2.11 bits per heavy atom. The molecule has 0 atom stereocenters. The first-order valence-electron chi connectivity index (χ1n) is 7.06. The number of hydrogen-bond donors (Lipinski definition) is 1. The highest BCUT2D eigenvalue weighted by molar-refractivity contribution is 5.01. The third-order valence-corrected chi connectivity index (χ3v) is 5.46. The first kappa shape index (κ1) is 10.6. The molecule has 4 saturated carbocycles. The van der Waals surface area contributed by atoms with E-state index >= 15 is 0 Å². The smallest absolute Gasteiger partial charge is 0.333 e. The first-order valence-corrected chi connectivity index (χ1v) is 7.06. The number of aromatic nitrogens is 3. The maximum Gasteiger partial charge on any atom is 0.364 e. The molecule has 0 saturated heterocycles. The van der Waals surface area contributed by atoms with Gasteiger partial charge in [-0.1, -0.05) is 0 Å². The summed E-state index contributed by atoms with van der Waals surface area (Å²) >= 11 is 0. The third-order valence-electron chi connectivity index (χ3n) is 5.46. The zero-order valence-electron chi connectivity index (χ0n) is 10.7. The van der Waals surface area contributed by atoms with Crippen LogP contribution >= 0.6 is 0 Å².